The molecule has 1 saturated heterocycles. The summed E-state index contributed by atoms with van der Waals surface area (Å²) >= 11 is 0. The minimum absolute atomic E-state index is 0.0776. The van der Waals surface area contributed by atoms with Crippen molar-refractivity contribution >= 4 is 5.91 Å². The number of likely N-dealkylation sites (N-methyl/N-ethyl adjacent to an activating group) is 1. The molecule has 1 N–H and O–H groups in total. The van der Waals surface area contributed by atoms with Crippen LogP contribution in [0.15, 0.2) is 0 Å². The molecule has 3 nitrogen and oxygen atoms in total. The molecule has 0 spiro atoms. The molecule has 2 fully saturated rings. The fraction of sp³-hybridized carbons (Fsp3) is 0.923. The highest BCUT2D eigenvalue weighted by Crippen LogP contribution is 2.35. The topological polar surface area (TPSA) is 32.3 Å². The second-order valence-corrected chi connectivity index (χ2v) is 5.66. The van der Waals surface area contributed by atoms with E-state index in [-0.39, 0.29) is 11.9 Å². The van der Waals surface area contributed by atoms with E-state index in [1.165, 1.54) is 32.1 Å². The Hall–Kier alpha value is -0.570. The molecule has 0 radical (unpaired) electrons. The van der Waals surface area contributed by atoms with Crippen LogP contribution in [0, 0.1) is 11.8 Å². The van der Waals surface area contributed by atoms with Crippen LogP contribution in [-0.4, -0.2) is 37.5 Å². The van der Waals surface area contributed by atoms with Crippen LogP contribution in [0.3, 0.4) is 0 Å². The molecule has 2 unspecified atom stereocenters. The Balaban J connectivity index is 1.80. The summed E-state index contributed by atoms with van der Waals surface area (Å²) in [6.07, 6.45) is 7.95. The van der Waals surface area contributed by atoms with Gasteiger partial charge in [-0.3, -0.25) is 4.79 Å². The lowest BCUT2D eigenvalue weighted by atomic mass is 9.75. The number of rotatable bonds is 3. The van der Waals surface area contributed by atoms with Gasteiger partial charge in [0.25, 0.3) is 0 Å². The van der Waals surface area contributed by atoms with Crippen LogP contribution < -0.4 is 5.32 Å². The Morgan fingerprint density at radius 1 is 1.25 bits per heavy atom. The van der Waals surface area contributed by atoms with Crippen molar-refractivity contribution in [1.29, 1.82) is 0 Å². The lowest BCUT2D eigenvalue weighted by molar-refractivity contribution is -0.132. The largest absolute Gasteiger partial charge is 0.347 e. The number of piperidine rings is 1. The van der Waals surface area contributed by atoms with Gasteiger partial charge < -0.3 is 10.2 Å². The number of nitrogens with zero attached hydrogens (tertiary/aromatic N) is 1. The number of nitrogens with one attached hydrogen (secondary N) is 1. The first-order valence-corrected chi connectivity index (χ1v) is 6.61. The Morgan fingerprint density at radius 2 is 2.00 bits per heavy atom. The number of carbonyl (C=O) groups is 1. The van der Waals surface area contributed by atoms with Crippen LogP contribution in [0.25, 0.3) is 0 Å². The fourth-order valence-corrected chi connectivity index (χ4v) is 2.91. The second kappa shape index (κ2) is 5.17. The Kier molecular flexibility index (Phi) is 3.85. The predicted molar refractivity (Wildman–Crippen MR) is 65.2 cm³/mol. The summed E-state index contributed by atoms with van der Waals surface area (Å²) in [5.74, 6) is 2.00. The van der Waals surface area contributed by atoms with E-state index in [1.54, 1.807) is 4.90 Å². The van der Waals surface area contributed by atoms with Crippen molar-refractivity contribution in [3.63, 3.8) is 0 Å². The molecule has 2 aliphatic rings. The summed E-state index contributed by atoms with van der Waals surface area (Å²) in [6, 6.07) is 0.0776. The van der Waals surface area contributed by atoms with Gasteiger partial charge in [-0.25, -0.2) is 0 Å². The molecule has 2 rings (SSSR count). The molecule has 92 valence electrons. The van der Waals surface area contributed by atoms with E-state index in [2.05, 4.69) is 5.32 Å². The molecule has 2 atom stereocenters. The van der Waals surface area contributed by atoms with Crippen LogP contribution in [-0.2, 0) is 4.79 Å². The van der Waals surface area contributed by atoms with Gasteiger partial charge in [-0.05, 0) is 37.6 Å². The lowest BCUT2D eigenvalue weighted by Crippen LogP contribution is -2.48. The van der Waals surface area contributed by atoms with Crippen LogP contribution in [0.2, 0.25) is 0 Å². The maximum absolute atomic E-state index is 11.9. The van der Waals surface area contributed by atoms with Gasteiger partial charge in [-0.1, -0.05) is 19.3 Å². The molecule has 0 aromatic rings. The van der Waals surface area contributed by atoms with E-state index < -0.39 is 0 Å². The van der Waals surface area contributed by atoms with Crippen LogP contribution in [0.1, 0.15) is 38.5 Å². The smallest absolute Gasteiger partial charge is 0.239 e. The minimum atomic E-state index is 0.0776. The minimum Gasteiger partial charge on any atom is -0.347 e. The third-order valence-corrected chi connectivity index (χ3v) is 4.14. The molecule has 0 bridgehead atoms. The number of amides is 1. The molecule has 3 heteroatoms. The molecule has 1 saturated carbocycles. The monoisotopic (exact) mass is 224 g/mol. The molecule has 0 aromatic heterocycles. The van der Waals surface area contributed by atoms with Gasteiger partial charge in [0.1, 0.15) is 0 Å². The normalized spacial score (nSPS) is 30.9. The van der Waals surface area contributed by atoms with Crippen LogP contribution >= 0.6 is 0 Å². The zero-order valence-electron chi connectivity index (χ0n) is 10.5. The van der Waals surface area contributed by atoms with Crippen LogP contribution in [0.4, 0.5) is 0 Å². The van der Waals surface area contributed by atoms with Crippen molar-refractivity contribution in [2.75, 3.05) is 20.6 Å². The summed E-state index contributed by atoms with van der Waals surface area (Å²) in [6.45, 7) is 1.02. The van der Waals surface area contributed by atoms with Crippen molar-refractivity contribution in [2.45, 2.75) is 44.6 Å². The van der Waals surface area contributed by atoms with Crippen molar-refractivity contribution in [2.24, 2.45) is 11.8 Å². The van der Waals surface area contributed by atoms with Crippen molar-refractivity contribution in [3.8, 4) is 0 Å². The molecular weight excluding hydrogens is 200 g/mol. The second-order valence-electron chi connectivity index (χ2n) is 5.66. The molecule has 16 heavy (non-hydrogen) atoms. The average Bonchev–Trinajstić information content (AvgIpc) is 2.23. The van der Waals surface area contributed by atoms with E-state index in [1.807, 2.05) is 14.1 Å². The number of hydrogen-bond donors (Lipinski definition) is 1. The quantitative estimate of drug-likeness (QED) is 0.790. The SMILES string of the molecule is CN(C)C(=O)C1CC(CC2CCC2)CCN1. The third kappa shape index (κ3) is 2.76. The van der Waals surface area contributed by atoms with Gasteiger partial charge in [0.15, 0.2) is 0 Å². The first-order valence-electron chi connectivity index (χ1n) is 6.61. The predicted octanol–water partition coefficient (Wildman–Crippen LogP) is 1.63. The van der Waals surface area contributed by atoms with Crippen molar-refractivity contribution < 1.29 is 4.79 Å². The highest BCUT2D eigenvalue weighted by atomic mass is 16.2. The summed E-state index contributed by atoms with van der Waals surface area (Å²) < 4.78 is 0. The van der Waals surface area contributed by atoms with E-state index >= 15 is 0 Å². The first-order chi connectivity index (χ1) is 7.66. The lowest BCUT2D eigenvalue weighted by Gasteiger charge is -2.35. The Bertz CT molecular complexity index is 248. The Labute approximate surface area is 98.6 Å². The standard InChI is InChI=1S/C13H24N2O/c1-15(2)13(16)12-9-11(6-7-14-12)8-10-4-3-5-10/h10-12,14H,3-9H2,1-2H3. The summed E-state index contributed by atoms with van der Waals surface area (Å²) in [7, 11) is 3.69. The summed E-state index contributed by atoms with van der Waals surface area (Å²) in [5.41, 5.74) is 0. The maximum Gasteiger partial charge on any atom is 0.239 e. The van der Waals surface area contributed by atoms with Gasteiger partial charge in [-0.2, -0.15) is 0 Å². The van der Waals surface area contributed by atoms with Crippen molar-refractivity contribution in [1.82, 2.24) is 10.2 Å². The summed E-state index contributed by atoms with van der Waals surface area (Å²) in [4.78, 5) is 13.6. The molecule has 0 aromatic carbocycles. The van der Waals surface area contributed by atoms with Gasteiger partial charge >= 0.3 is 0 Å². The van der Waals surface area contributed by atoms with Gasteiger partial charge in [0, 0.05) is 14.1 Å². The maximum atomic E-state index is 11.9. The van der Waals surface area contributed by atoms with Crippen LogP contribution in [0.5, 0.6) is 0 Å². The average molecular weight is 224 g/mol. The fourth-order valence-electron chi connectivity index (χ4n) is 2.91. The van der Waals surface area contributed by atoms with E-state index in [9.17, 15) is 4.79 Å². The number of hydrogen-bond acceptors (Lipinski definition) is 2. The Morgan fingerprint density at radius 3 is 2.56 bits per heavy atom. The van der Waals surface area contributed by atoms with Crippen molar-refractivity contribution in [3.05, 3.63) is 0 Å². The van der Waals surface area contributed by atoms with E-state index in [0.717, 1.165) is 24.8 Å². The van der Waals surface area contributed by atoms with E-state index in [0.29, 0.717) is 0 Å². The molecule has 1 aliphatic carbocycles. The molecular formula is C13H24N2O. The molecule has 1 aliphatic heterocycles. The van der Waals surface area contributed by atoms with Gasteiger partial charge in [0.05, 0.1) is 6.04 Å². The zero-order chi connectivity index (χ0) is 11.5. The third-order valence-electron chi connectivity index (χ3n) is 4.14. The number of carbonyl (C=O) groups excluding carboxylic acids is 1. The van der Waals surface area contributed by atoms with E-state index in [4.69, 9.17) is 0 Å². The van der Waals surface area contributed by atoms with Gasteiger partial charge in [0.2, 0.25) is 5.91 Å². The zero-order valence-corrected chi connectivity index (χ0v) is 10.5. The highest BCUT2D eigenvalue weighted by molar-refractivity contribution is 5.81. The highest BCUT2D eigenvalue weighted by Gasteiger charge is 2.30. The molecule has 1 amide bonds. The summed E-state index contributed by atoms with van der Waals surface area (Å²) in [5, 5.41) is 3.35. The first kappa shape index (κ1) is 11.9. The van der Waals surface area contributed by atoms with Gasteiger partial charge in [-0.15, -0.1) is 0 Å². The molecule has 1 heterocycles.